The summed E-state index contributed by atoms with van der Waals surface area (Å²) in [6.07, 6.45) is 7.48. The third-order valence-corrected chi connectivity index (χ3v) is 2.95. The molecule has 0 bridgehead atoms. The van der Waals surface area contributed by atoms with E-state index in [0.717, 1.165) is 12.8 Å². The number of hydrogen-bond acceptors (Lipinski definition) is 3. The van der Waals surface area contributed by atoms with Gasteiger partial charge in [-0.2, -0.15) is 0 Å². The Morgan fingerprint density at radius 2 is 2.11 bits per heavy atom. The summed E-state index contributed by atoms with van der Waals surface area (Å²) in [6.45, 7) is 3.02. The number of thiocarbonyl (C=S) groups is 1. The molecule has 1 aromatic rings. The van der Waals surface area contributed by atoms with Gasteiger partial charge in [-0.25, -0.2) is 0 Å². The van der Waals surface area contributed by atoms with Crippen LogP contribution in [-0.4, -0.2) is 16.2 Å². The van der Waals surface area contributed by atoms with Crippen LogP contribution in [0.5, 0.6) is 5.75 Å². The minimum Gasteiger partial charge on any atom is -0.488 e. The standard InChI is InChI=1S/C14H22N2O2S/c1-2-3-4-5-6-10-18-12-8-7-9-16(14(12)17)11-13(15)19/h7-9H,2-6,10-11H2,1H3,(H2,15,19). The van der Waals surface area contributed by atoms with E-state index in [1.807, 2.05) is 0 Å². The van der Waals surface area contributed by atoms with Crippen molar-refractivity contribution in [2.45, 2.75) is 45.6 Å². The minimum atomic E-state index is -0.177. The number of rotatable bonds is 9. The number of hydrogen-bond donors (Lipinski definition) is 1. The Hall–Kier alpha value is -1.36. The van der Waals surface area contributed by atoms with E-state index >= 15 is 0 Å². The third-order valence-electron chi connectivity index (χ3n) is 2.82. The normalized spacial score (nSPS) is 10.4. The molecule has 2 N–H and O–H groups in total. The van der Waals surface area contributed by atoms with Gasteiger partial charge in [-0.3, -0.25) is 4.79 Å². The van der Waals surface area contributed by atoms with Crippen LogP contribution in [0.3, 0.4) is 0 Å². The van der Waals surface area contributed by atoms with Gasteiger partial charge in [-0.05, 0) is 18.6 Å². The van der Waals surface area contributed by atoms with Gasteiger partial charge in [0.15, 0.2) is 5.75 Å². The maximum absolute atomic E-state index is 12.0. The number of ether oxygens (including phenoxy) is 1. The fourth-order valence-corrected chi connectivity index (χ4v) is 1.94. The van der Waals surface area contributed by atoms with E-state index in [1.165, 1.54) is 23.8 Å². The molecule has 19 heavy (non-hydrogen) atoms. The largest absolute Gasteiger partial charge is 0.488 e. The van der Waals surface area contributed by atoms with Gasteiger partial charge in [0, 0.05) is 6.20 Å². The van der Waals surface area contributed by atoms with Gasteiger partial charge in [0.25, 0.3) is 5.56 Å². The van der Waals surface area contributed by atoms with Crippen molar-refractivity contribution in [3.05, 3.63) is 28.7 Å². The highest BCUT2D eigenvalue weighted by Gasteiger charge is 2.04. The summed E-state index contributed by atoms with van der Waals surface area (Å²) in [4.78, 5) is 12.3. The van der Waals surface area contributed by atoms with E-state index in [-0.39, 0.29) is 12.1 Å². The zero-order chi connectivity index (χ0) is 14.1. The molecule has 0 saturated carbocycles. The van der Waals surface area contributed by atoms with E-state index in [4.69, 9.17) is 22.7 Å². The second-order valence-electron chi connectivity index (χ2n) is 4.53. The lowest BCUT2D eigenvalue weighted by atomic mass is 10.2. The summed E-state index contributed by atoms with van der Waals surface area (Å²) >= 11 is 4.80. The van der Waals surface area contributed by atoms with E-state index in [1.54, 1.807) is 18.3 Å². The first kappa shape index (κ1) is 15.7. The van der Waals surface area contributed by atoms with Gasteiger partial charge in [0.05, 0.1) is 18.1 Å². The Labute approximate surface area is 119 Å². The summed E-state index contributed by atoms with van der Waals surface area (Å²) in [5.74, 6) is 0.370. The summed E-state index contributed by atoms with van der Waals surface area (Å²) in [6, 6.07) is 3.45. The lowest BCUT2D eigenvalue weighted by molar-refractivity contribution is 0.298. The molecule has 0 aromatic carbocycles. The molecule has 0 radical (unpaired) electrons. The van der Waals surface area contributed by atoms with Crippen molar-refractivity contribution in [3.8, 4) is 5.75 Å². The van der Waals surface area contributed by atoms with Crippen LogP contribution in [-0.2, 0) is 6.54 Å². The number of unbranched alkanes of at least 4 members (excludes halogenated alkanes) is 4. The van der Waals surface area contributed by atoms with Gasteiger partial charge < -0.3 is 15.0 Å². The summed E-state index contributed by atoms with van der Waals surface area (Å²) < 4.78 is 6.99. The van der Waals surface area contributed by atoms with Crippen LogP contribution in [0.25, 0.3) is 0 Å². The molecule has 0 aliphatic rings. The first-order chi connectivity index (χ1) is 9.15. The predicted octanol–water partition coefficient (Wildman–Crippen LogP) is 2.48. The molecule has 106 valence electrons. The third kappa shape index (κ3) is 5.87. The Morgan fingerprint density at radius 3 is 2.79 bits per heavy atom. The van der Waals surface area contributed by atoms with E-state index in [9.17, 15) is 4.79 Å². The Bertz CT molecular complexity index is 457. The highest BCUT2D eigenvalue weighted by atomic mass is 32.1. The predicted molar refractivity (Wildman–Crippen MR) is 81.7 cm³/mol. The highest BCUT2D eigenvalue weighted by Crippen LogP contribution is 2.06. The molecule has 0 aliphatic carbocycles. The van der Waals surface area contributed by atoms with E-state index < -0.39 is 0 Å². The first-order valence-corrected chi connectivity index (χ1v) is 7.16. The maximum Gasteiger partial charge on any atom is 0.293 e. The molecule has 0 fully saturated rings. The average molecular weight is 282 g/mol. The maximum atomic E-state index is 12.0. The molecule has 5 heteroatoms. The monoisotopic (exact) mass is 282 g/mol. The van der Waals surface area contributed by atoms with Gasteiger partial charge in [-0.15, -0.1) is 0 Å². The van der Waals surface area contributed by atoms with Crippen molar-refractivity contribution >= 4 is 17.2 Å². The Kier molecular flexibility index (Phi) is 7.18. The Balaban J connectivity index is 2.45. The lowest BCUT2D eigenvalue weighted by Crippen LogP contribution is -2.27. The zero-order valence-electron chi connectivity index (χ0n) is 11.4. The van der Waals surface area contributed by atoms with Crippen LogP contribution in [0.15, 0.2) is 23.1 Å². The summed E-state index contributed by atoms with van der Waals surface area (Å²) in [5, 5.41) is 0. The SMILES string of the molecule is CCCCCCCOc1cccn(CC(N)=S)c1=O. The highest BCUT2D eigenvalue weighted by molar-refractivity contribution is 7.80. The van der Waals surface area contributed by atoms with Gasteiger partial charge in [-0.1, -0.05) is 44.8 Å². The molecule has 0 spiro atoms. The molecular formula is C14H22N2O2S. The molecule has 0 saturated heterocycles. The topological polar surface area (TPSA) is 57.2 Å². The quantitative estimate of drug-likeness (QED) is 0.558. The van der Waals surface area contributed by atoms with Gasteiger partial charge >= 0.3 is 0 Å². The van der Waals surface area contributed by atoms with Crippen LogP contribution < -0.4 is 16.0 Å². The molecule has 0 amide bonds. The fourth-order valence-electron chi connectivity index (χ4n) is 1.80. The summed E-state index contributed by atoms with van der Waals surface area (Å²) in [5.41, 5.74) is 5.27. The molecule has 0 atom stereocenters. The minimum absolute atomic E-state index is 0.177. The van der Waals surface area contributed by atoms with Gasteiger partial charge in [0.2, 0.25) is 0 Å². The van der Waals surface area contributed by atoms with Crippen LogP contribution in [0.2, 0.25) is 0 Å². The van der Waals surface area contributed by atoms with Crippen LogP contribution in [0, 0.1) is 0 Å². The fraction of sp³-hybridized carbons (Fsp3) is 0.571. The molecule has 4 nitrogen and oxygen atoms in total. The average Bonchev–Trinajstić information content (AvgIpc) is 2.37. The van der Waals surface area contributed by atoms with Crippen molar-refractivity contribution in [2.75, 3.05) is 6.61 Å². The zero-order valence-corrected chi connectivity index (χ0v) is 12.2. The van der Waals surface area contributed by atoms with Crippen LogP contribution in [0.1, 0.15) is 39.0 Å². The number of pyridine rings is 1. The van der Waals surface area contributed by atoms with E-state index in [2.05, 4.69) is 6.92 Å². The molecule has 1 aromatic heterocycles. The van der Waals surface area contributed by atoms with Crippen molar-refractivity contribution in [1.29, 1.82) is 0 Å². The number of nitrogens with zero attached hydrogens (tertiary/aromatic N) is 1. The molecule has 0 unspecified atom stereocenters. The van der Waals surface area contributed by atoms with Crippen molar-refractivity contribution < 1.29 is 4.74 Å². The van der Waals surface area contributed by atoms with Crippen molar-refractivity contribution in [2.24, 2.45) is 5.73 Å². The molecule has 1 rings (SSSR count). The Morgan fingerprint density at radius 1 is 1.37 bits per heavy atom. The number of aromatic nitrogens is 1. The summed E-state index contributed by atoms with van der Waals surface area (Å²) in [7, 11) is 0. The van der Waals surface area contributed by atoms with Crippen LogP contribution in [0.4, 0.5) is 0 Å². The molecule has 0 aliphatic heterocycles. The van der Waals surface area contributed by atoms with Gasteiger partial charge in [0.1, 0.15) is 0 Å². The smallest absolute Gasteiger partial charge is 0.293 e. The first-order valence-electron chi connectivity index (χ1n) is 6.75. The van der Waals surface area contributed by atoms with E-state index in [0.29, 0.717) is 17.3 Å². The van der Waals surface area contributed by atoms with Crippen molar-refractivity contribution in [3.63, 3.8) is 0 Å². The lowest BCUT2D eigenvalue weighted by Gasteiger charge is -2.08. The van der Waals surface area contributed by atoms with Crippen LogP contribution >= 0.6 is 12.2 Å². The van der Waals surface area contributed by atoms with Crippen molar-refractivity contribution in [1.82, 2.24) is 4.57 Å². The second-order valence-corrected chi connectivity index (χ2v) is 5.06. The molecular weight excluding hydrogens is 260 g/mol. The number of nitrogens with two attached hydrogens (primary N) is 1. The molecule has 1 heterocycles. The second kappa shape index (κ2) is 8.69.